The van der Waals surface area contributed by atoms with E-state index in [1.54, 1.807) is 12.2 Å². The van der Waals surface area contributed by atoms with Crippen LogP contribution in [0.15, 0.2) is 42.5 Å². The molecule has 0 amide bonds. The summed E-state index contributed by atoms with van der Waals surface area (Å²) in [6, 6.07) is 7.57. The molecule has 0 saturated heterocycles. The zero-order valence-corrected chi connectivity index (χ0v) is 12.3. The monoisotopic (exact) mass is 298 g/mol. The number of hydrogen-bond acceptors (Lipinski definition) is 3. The van der Waals surface area contributed by atoms with Gasteiger partial charge in [-0.05, 0) is 46.0 Å². The normalized spacial score (nSPS) is 11.8. The minimum absolute atomic E-state index is 0.0228. The summed E-state index contributed by atoms with van der Waals surface area (Å²) in [5.41, 5.74) is 3.46. The number of hydrogen-bond donors (Lipinski definition) is 3. The van der Waals surface area contributed by atoms with Gasteiger partial charge in [-0.1, -0.05) is 36.4 Å². The molecule has 0 aliphatic rings. The Morgan fingerprint density at radius 1 is 1.14 bits per heavy atom. The highest BCUT2D eigenvalue weighted by Crippen LogP contribution is 2.28. The van der Waals surface area contributed by atoms with E-state index in [9.17, 15) is 15.0 Å². The second-order valence-electron chi connectivity index (χ2n) is 5.02. The van der Waals surface area contributed by atoms with Gasteiger partial charge in [0.1, 0.15) is 0 Å². The van der Waals surface area contributed by atoms with Crippen LogP contribution >= 0.6 is 0 Å². The van der Waals surface area contributed by atoms with E-state index < -0.39 is 5.97 Å². The van der Waals surface area contributed by atoms with Gasteiger partial charge < -0.3 is 15.3 Å². The maximum atomic E-state index is 10.5. The van der Waals surface area contributed by atoms with Crippen molar-refractivity contribution in [3.63, 3.8) is 0 Å². The molecule has 4 nitrogen and oxygen atoms in total. The Kier molecular flexibility index (Phi) is 5.09. The molecule has 0 aromatic heterocycles. The quantitative estimate of drug-likeness (QED) is 0.586. The molecule has 2 rings (SSSR count). The number of carbonyl (C=O) groups is 1. The molecule has 0 spiro atoms. The molecule has 0 saturated carbocycles. The van der Waals surface area contributed by atoms with Crippen LogP contribution in [0.4, 0.5) is 0 Å². The van der Waals surface area contributed by atoms with Crippen molar-refractivity contribution in [3.8, 4) is 0 Å². The van der Waals surface area contributed by atoms with Crippen LogP contribution in [0, 0.1) is 6.92 Å². The first-order chi connectivity index (χ1) is 10.6. The van der Waals surface area contributed by atoms with Gasteiger partial charge in [0, 0.05) is 6.08 Å². The van der Waals surface area contributed by atoms with Gasteiger partial charge in [-0.15, -0.1) is 0 Å². The van der Waals surface area contributed by atoms with Gasteiger partial charge in [0.05, 0.1) is 13.2 Å². The maximum Gasteiger partial charge on any atom is 0.328 e. The lowest BCUT2D eigenvalue weighted by atomic mass is 9.93. The minimum Gasteiger partial charge on any atom is -0.478 e. The summed E-state index contributed by atoms with van der Waals surface area (Å²) in [5.74, 6) is -1.01. The molecule has 22 heavy (non-hydrogen) atoms. The highest BCUT2D eigenvalue weighted by atomic mass is 16.4. The first-order valence-corrected chi connectivity index (χ1v) is 6.91. The standard InChI is InChI=1S/C18H18O4/c1-12-8-13(10-19)9-14-6-7-15(11-20)16(18(12)14)4-2-3-5-17(21)22/h2-9,19-20H,10-11H2,1H3,(H,21,22)/b4-2-,5-3+. The summed E-state index contributed by atoms with van der Waals surface area (Å²) in [5, 5.41) is 29.4. The van der Waals surface area contributed by atoms with E-state index in [2.05, 4.69) is 0 Å². The van der Waals surface area contributed by atoms with Crippen LogP contribution in [0.25, 0.3) is 16.8 Å². The highest BCUT2D eigenvalue weighted by Gasteiger charge is 2.08. The molecule has 2 aromatic rings. The second kappa shape index (κ2) is 7.02. The van der Waals surface area contributed by atoms with Crippen molar-refractivity contribution in [2.45, 2.75) is 20.1 Å². The number of aliphatic hydroxyl groups is 2. The van der Waals surface area contributed by atoms with E-state index in [-0.39, 0.29) is 13.2 Å². The number of benzene rings is 2. The summed E-state index contributed by atoms with van der Waals surface area (Å²) in [4.78, 5) is 10.5. The van der Waals surface area contributed by atoms with Crippen molar-refractivity contribution < 1.29 is 20.1 Å². The number of aliphatic carboxylic acids is 1. The molecule has 4 heteroatoms. The molecule has 0 bridgehead atoms. The number of allylic oxidation sites excluding steroid dienone is 2. The minimum atomic E-state index is -1.01. The molecule has 0 atom stereocenters. The van der Waals surface area contributed by atoms with Gasteiger partial charge in [0.25, 0.3) is 0 Å². The Balaban J connectivity index is 2.61. The molecule has 114 valence electrons. The van der Waals surface area contributed by atoms with Gasteiger partial charge in [-0.3, -0.25) is 0 Å². The smallest absolute Gasteiger partial charge is 0.328 e. The van der Waals surface area contributed by atoms with Crippen molar-refractivity contribution in [1.82, 2.24) is 0 Å². The Morgan fingerprint density at radius 3 is 2.55 bits per heavy atom. The van der Waals surface area contributed by atoms with Crippen molar-refractivity contribution in [1.29, 1.82) is 0 Å². The van der Waals surface area contributed by atoms with Gasteiger partial charge in [0.2, 0.25) is 0 Å². The summed E-state index contributed by atoms with van der Waals surface area (Å²) in [7, 11) is 0. The Labute approximate surface area is 128 Å². The van der Waals surface area contributed by atoms with Crippen LogP contribution < -0.4 is 0 Å². The molecular formula is C18H18O4. The van der Waals surface area contributed by atoms with Crippen LogP contribution in [0.2, 0.25) is 0 Å². The molecule has 0 aliphatic heterocycles. The number of fused-ring (bicyclic) bond motifs is 1. The molecular weight excluding hydrogens is 280 g/mol. The molecule has 0 unspecified atom stereocenters. The van der Waals surface area contributed by atoms with Crippen LogP contribution in [-0.4, -0.2) is 21.3 Å². The van der Waals surface area contributed by atoms with Crippen LogP contribution in [-0.2, 0) is 18.0 Å². The maximum absolute atomic E-state index is 10.5. The van der Waals surface area contributed by atoms with E-state index in [0.29, 0.717) is 0 Å². The predicted molar refractivity (Wildman–Crippen MR) is 86.3 cm³/mol. The third-order valence-electron chi connectivity index (χ3n) is 3.47. The Morgan fingerprint density at radius 2 is 1.91 bits per heavy atom. The van der Waals surface area contributed by atoms with Gasteiger partial charge >= 0.3 is 5.97 Å². The van der Waals surface area contributed by atoms with Crippen molar-refractivity contribution in [2.75, 3.05) is 0 Å². The summed E-state index contributed by atoms with van der Waals surface area (Å²) in [6.45, 7) is 1.83. The van der Waals surface area contributed by atoms with Crippen molar-refractivity contribution in [3.05, 3.63) is 64.7 Å². The lowest BCUT2D eigenvalue weighted by Crippen LogP contribution is -1.94. The average molecular weight is 298 g/mol. The molecule has 0 radical (unpaired) electrons. The number of carboxylic acid groups (broad SMARTS) is 1. The van der Waals surface area contributed by atoms with Crippen LogP contribution in [0.3, 0.4) is 0 Å². The summed E-state index contributed by atoms with van der Waals surface area (Å²) in [6.07, 6.45) is 5.93. The molecule has 2 aromatic carbocycles. The van der Waals surface area contributed by atoms with Crippen molar-refractivity contribution >= 4 is 22.8 Å². The highest BCUT2D eigenvalue weighted by molar-refractivity contribution is 5.95. The van der Waals surface area contributed by atoms with E-state index in [1.165, 1.54) is 6.08 Å². The topological polar surface area (TPSA) is 77.8 Å². The lowest BCUT2D eigenvalue weighted by molar-refractivity contribution is -0.131. The molecule has 0 aliphatic carbocycles. The third-order valence-corrected chi connectivity index (χ3v) is 3.47. The van der Waals surface area contributed by atoms with E-state index in [4.69, 9.17) is 5.11 Å². The summed E-state index contributed by atoms with van der Waals surface area (Å²) < 4.78 is 0. The number of aryl methyl sites for hydroxylation is 1. The first kappa shape index (κ1) is 15.9. The van der Waals surface area contributed by atoms with E-state index >= 15 is 0 Å². The first-order valence-electron chi connectivity index (χ1n) is 6.91. The fraction of sp³-hybridized carbons (Fsp3) is 0.167. The molecule has 3 N–H and O–H groups in total. The van der Waals surface area contributed by atoms with E-state index in [1.807, 2.05) is 31.2 Å². The zero-order chi connectivity index (χ0) is 16.1. The summed E-state index contributed by atoms with van der Waals surface area (Å²) >= 11 is 0. The average Bonchev–Trinajstić information content (AvgIpc) is 2.50. The number of rotatable bonds is 5. The number of aliphatic hydroxyl groups excluding tert-OH is 2. The Hall–Kier alpha value is -2.43. The predicted octanol–water partition coefficient (Wildman–Crippen LogP) is 2.79. The van der Waals surface area contributed by atoms with Crippen LogP contribution in [0.5, 0.6) is 0 Å². The largest absolute Gasteiger partial charge is 0.478 e. The van der Waals surface area contributed by atoms with Gasteiger partial charge in [-0.2, -0.15) is 0 Å². The number of carboxylic acids is 1. The SMILES string of the molecule is Cc1cc(CO)cc2ccc(CO)c(/C=C\C=C\C(=O)O)c12. The fourth-order valence-electron chi connectivity index (χ4n) is 2.54. The van der Waals surface area contributed by atoms with E-state index in [0.717, 1.165) is 39.1 Å². The molecule has 0 heterocycles. The van der Waals surface area contributed by atoms with Crippen molar-refractivity contribution in [2.24, 2.45) is 0 Å². The third kappa shape index (κ3) is 3.42. The second-order valence-corrected chi connectivity index (χ2v) is 5.02. The van der Waals surface area contributed by atoms with Gasteiger partial charge in [-0.25, -0.2) is 4.79 Å². The Bertz CT molecular complexity index is 757. The van der Waals surface area contributed by atoms with Gasteiger partial charge in [0.15, 0.2) is 0 Å². The fourth-order valence-corrected chi connectivity index (χ4v) is 2.54. The molecule has 0 fully saturated rings. The van der Waals surface area contributed by atoms with Crippen LogP contribution in [0.1, 0.15) is 22.3 Å². The lowest BCUT2D eigenvalue weighted by Gasteiger charge is -2.12. The zero-order valence-electron chi connectivity index (χ0n) is 12.3.